The Labute approximate surface area is 120 Å². The lowest BCUT2D eigenvalue weighted by Gasteiger charge is -2.05. The Morgan fingerprint density at radius 3 is 2.81 bits per heavy atom. The number of hydrogen-bond acceptors (Lipinski definition) is 4. The number of carboxylic acids is 1. The summed E-state index contributed by atoms with van der Waals surface area (Å²) in [5.74, 6) is -0.0556. The number of benzene rings is 2. The summed E-state index contributed by atoms with van der Waals surface area (Å²) >= 11 is 0. The molecule has 0 unspecified atom stereocenters. The van der Waals surface area contributed by atoms with Crippen molar-refractivity contribution in [3.8, 4) is 17.2 Å². The SMILES string of the molecule is COc1ccc(C)cc1-c1nc2c(C(=O)O)cccc2o1. The molecule has 5 nitrogen and oxygen atoms in total. The smallest absolute Gasteiger partial charge is 0.338 e. The first-order valence-electron chi connectivity index (χ1n) is 6.38. The van der Waals surface area contributed by atoms with Crippen molar-refractivity contribution < 1.29 is 19.1 Å². The van der Waals surface area contributed by atoms with E-state index in [0.717, 1.165) is 5.56 Å². The van der Waals surface area contributed by atoms with Gasteiger partial charge in [-0.2, -0.15) is 0 Å². The maximum atomic E-state index is 11.2. The molecule has 3 rings (SSSR count). The van der Waals surface area contributed by atoms with Gasteiger partial charge in [-0.15, -0.1) is 0 Å². The summed E-state index contributed by atoms with van der Waals surface area (Å²) in [6, 6.07) is 10.5. The molecule has 1 aromatic heterocycles. The number of aryl methyl sites for hydroxylation is 1. The van der Waals surface area contributed by atoms with Gasteiger partial charge in [0.1, 0.15) is 11.3 Å². The van der Waals surface area contributed by atoms with Gasteiger partial charge in [0, 0.05) is 0 Å². The second-order valence-electron chi connectivity index (χ2n) is 4.68. The molecule has 0 aliphatic heterocycles. The fourth-order valence-electron chi connectivity index (χ4n) is 2.23. The first kappa shape index (κ1) is 13.2. The summed E-state index contributed by atoms with van der Waals surface area (Å²) in [4.78, 5) is 15.6. The summed E-state index contributed by atoms with van der Waals surface area (Å²) < 4.78 is 11.0. The predicted octanol–water partition coefficient (Wildman–Crippen LogP) is 3.51. The molecule has 1 N–H and O–H groups in total. The molecule has 0 atom stereocenters. The van der Waals surface area contributed by atoms with Crippen molar-refractivity contribution >= 4 is 17.1 Å². The molecule has 3 aromatic rings. The van der Waals surface area contributed by atoms with E-state index in [-0.39, 0.29) is 5.56 Å². The highest BCUT2D eigenvalue weighted by Gasteiger charge is 2.17. The number of aromatic nitrogens is 1. The average molecular weight is 283 g/mol. The quantitative estimate of drug-likeness (QED) is 0.796. The summed E-state index contributed by atoms with van der Waals surface area (Å²) in [5.41, 5.74) is 2.63. The van der Waals surface area contributed by atoms with Crippen LogP contribution in [0.2, 0.25) is 0 Å². The van der Waals surface area contributed by atoms with Crippen LogP contribution in [0.3, 0.4) is 0 Å². The number of oxazole rings is 1. The number of para-hydroxylation sites is 1. The molecular formula is C16H13NO4. The highest BCUT2D eigenvalue weighted by atomic mass is 16.5. The Morgan fingerprint density at radius 1 is 1.29 bits per heavy atom. The number of carbonyl (C=O) groups is 1. The molecule has 1 heterocycles. The first-order chi connectivity index (χ1) is 10.1. The molecule has 21 heavy (non-hydrogen) atoms. The number of fused-ring (bicyclic) bond motifs is 1. The van der Waals surface area contributed by atoms with E-state index in [2.05, 4.69) is 4.98 Å². The van der Waals surface area contributed by atoms with Gasteiger partial charge in [-0.05, 0) is 31.2 Å². The summed E-state index contributed by atoms with van der Waals surface area (Å²) in [6.45, 7) is 1.95. The third kappa shape index (κ3) is 2.23. The summed E-state index contributed by atoms with van der Waals surface area (Å²) in [5, 5.41) is 9.20. The average Bonchev–Trinajstić information content (AvgIpc) is 2.90. The van der Waals surface area contributed by atoms with E-state index in [1.807, 2.05) is 25.1 Å². The van der Waals surface area contributed by atoms with Crippen molar-refractivity contribution in [2.75, 3.05) is 7.11 Å². The molecule has 5 heteroatoms. The van der Waals surface area contributed by atoms with Crippen LogP contribution in [0.15, 0.2) is 40.8 Å². The van der Waals surface area contributed by atoms with E-state index >= 15 is 0 Å². The summed E-state index contributed by atoms with van der Waals surface area (Å²) in [7, 11) is 1.57. The topological polar surface area (TPSA) is 72.6 Å². The number of hydrogen-bond donors (Lipinski definition) is 1. The lowest BCUT2D eigenvalue weighted by atomic mass is 10.1. The van der Waals surface area contributed by atoms with Crippen LogP contribution in [0, 0.1) is 6.92 Å². The Hall–Kier alpha value is -2.82. The Bertz CT molecular complexity index is 835. The minimum Gasteiger partial charge on any atom is -0.496 e. The maximum Gasteiger partial charge on any atom is 0.338 e. The number of aromatic carboxylic acids is 1. The van der Waals surface area contributed by atoms with Gasteiger partial charge in [-0.3, -0.25) is 0 Å². The lowest BCUT2D eigenvalue weighted by Crippen LogP contribution is -1.96. The molecule has 0 spiro atoms. The maximum absolute atomic E-state index is 11.2. The normalized spacial score (nSPS) is 10.8. The molecule has 0 bridgehead atoms. The number of nitrogens with zero attached hydrogens (tertiary/aromatic N) is 1. The number of carboxylic acid groups (broad SMARTS) is 1. The third-order valence-electron chi connectivity index (χ3n) is 3.23. The van der Waals surface area contributed by atoms with E-state index in [1.165, 1.54) is 6.07 Å². The van der Waals surface area contributed by atoms with Gasteiger partial charge < -0.3 is 14.3 Å². The first-order valence-corrected chi connectivity index (χ1v) is 6.38. The van der Waals surface area contributed by atoms with Crippen LogP contribution in [-0.4, -0.2) is 23.2 Å². The molecule has 0 fully saturated rings. The van der Waals surface area contributed by atoms with Crippen LogP contribution in [0.4, 0.5) is 0 Å². The van der Waals surface area contributed by atoms with E-state index in [4.69, 9.17) is 9.15 Å². The van der Waals surface area contributed by atoms with Gasteiger partial charge in [0.25, 0.3) is 0 Å². The minimum absolute atomic E-state index is 0.120. The number of methoxy groups -OCH3 is 1. The van der Waals surface area contributed by atoms with Crippen molar-refractivity contribution in [3.05, 3.63) is 47.5 Å². The monoisotopic (exact) mass is 283 g/mol. The Balaban J connectivity index is 2.25. The van der Waals surface area contributed by atoms with E-state index < -0.39 is 5.97 Å². The van der Waals surface area contributed by atoms with Crippen LogP contribution in [0.1, 0.15) is 15.9 Å². The molecule has 0 saturated carbocycles. The van der Waals surface area contributed by atoms with Crippen LogP contribution in [-0.2, 0) is 0 Å². The molecule has 0 radical (unpaired) electrons. The zero-order valence-corrected chi connectivity index (χ0v) is 11.6. The third-order valence-corrected chi connectivity index (χ3v) is 3.23. The van der Waals surface area contributed by atoms with Crippen molar-refractivity contribution in [2.45, 2.75) is 6.92 Å². The zero-order valence-electron chi connectivity index (χ0n) is 11.6. The molecule has 106 valence electrons. The minimum atomic E-state index is -1.03. The highest BCUT2D eigenvalue weighted by Crippen LogP contribution is 2.33. The molecule has 0 aliphatic carbocycles. The van der Waals surface area contributed by atoms with Gasteiger partial charge in [0.15, 0.2) is 5.58 Å². The van der Waals surface area contributed by atoms with Crippen molar-refractivity contribution in [1.82, 2.24) is 4.98 Å². The lowest BCUT2D eigenvalue weighted by molar-refractivity contribution is 0.0699. The van der Waals surface area contributed by atoms with Crippen molar-refractivity contribution in [3.63, 3.8) is 0 Å². The van der Waals surface area contributed by atoms with Crippen LogP contribution < -0.4 is 4.74 Å². The van der Waals surface area contributed by atoms with Crippen molar-refractivity contribution in [2.24, 2.45) is 0 Å². The predicted molar refractivity (Wildman–Crippen MR) is 77.7 cm³/mol. The fraction of sp³-hybridized carbons (Fsp3) is 0.125. The molecule has 0 saturated heterocycles. The van der Waals surface area contributed by atoms with Gasteiger partial charge in [0.05, 0.1) is 18.2 Å². The van der Waals surface area contributed by atoms with Crippen LogP contribution in [0.25, 0.3) is 22.6 Å². The molecule has 0 amide bonds. The van der Waals surface area contributed by atoms with Gasteiger partial charge in [-0.1, -0.05) is 17.7 Å². The standard InChI is InChI=1S/C16H13NO4/c1-9-6-7-12(20-2)11(8-9)15-17-14-10(16(18)19)4-3-5-13(14)21-15/h3-8H,1-2H3,(H,18,19). The fourth-order valence-corrected chi connectivity index (χ4v) is 2.23. The van der Waals surface area contributed by atoms with Crippen LogP contribution >= 0.6 is 0 Å². The molecule has 2 aromatic carbocycles. The zero-order chi connectivity index (χ0) is 15.0. The van der Waals surface area contributed by atoms with Gasteiger partial charge >= 0.3 is 5.97 Å². The van der Waals surface area contributed by atoms with Crippen molar-refractivity contribution in [1.29, 1.82) is 0 Å². The number of ether oxygens (including phenoxy) is 1. The van der Waals surface area contributed by atoms with Crippen LogP contribution in [0.5, 0.6) is 5.75 Å². The Kier molecular flexibility index (Phi) is 3.10. The second-order valence-corrected chi connectivity index (χ2v) is 4.68. The van der Waals surface area contributed by atoms with Gasteiger partial charge in [-0.25, -0.2) is 9.78 Å². The number of rotatable bonds is 3. The van der Waals surface area contributed by atoms with E-state index in [1.54, 1.807) is 19.2 Å². The Morgan fingerprint density at radius 2 is 2.10 bits per heavy atom. The second kappa shape index (κ2) is 4.94. The van der Waals surface area contributed by atoms with Gasteiger partial charge in [0.2, 0.25) is 5.89 Å². The highest BCUT2D eigenvalue weighted by molar-refractivity contribution is 6.00. The molecular weight excluding hydrogens is 270 g/mol. The van der Waals surface area contributed by atoms with E-state index in [0.29, 0.717) is 28.3 Å². The largest absolute Gasteiger partial charge is 0.496 e. The van der Waals surface area contributed by atoms with E-state index in [9.17, 15) is 9.90 Å². The summed E-state index contributed by atoms with van der Waals surface area (Å²) in [6.07, 6.45) is 0. The molecule has 0 aliphatic rings.